The summed E-state index contributed by atoms with van der Waals surface area (Å²) in [5.41, 5.74) is 7.24. The Labute approximate surface area is 130 Å². The van der Waals surface area contributed by atoms with Crippen molar-refractivity contribution in [2.24, 2.45) is 11.7 Å². The first-order valence-electron chi connectivity index (χ1n) is 7.15. The Kier molecular flexibility index (Phi) is 4.85. The number of aromatic amines is 1. The van der Waals surface area contributed by atoms with Crippen LogP contribution in [0.5, 0.6) is 0 Å². The third kappa shape index (κ3) is 2.89. The van der Waals surface area contributed by atoms with Crippen LogP contribution in [0.3, 0.4) is 0 Å². The molecule has 2 atom stereocenters. The molecule has 6 heteroatoms. The SMILES string of the molecule is CC1CCN(C(=O)c2n[nH]c3ccccc23)C(CN)C1.Cl. The number of para-hydroxylation sites is 1. The number of carbonyl (C=O) groups excluding carboxylic acids is 1. The van der Waals surface area contributed by atoms with E-state index in [2.05, 4.69) is 17.1 Å². The Balaban J connectivity index is 0.00000161. The smallest absolute Gasteiger partial charge is 0.275 e. The first-order valence-corrected chi connectivity index (χ1v) is 7.15. The average molecular weight is 309 g/mol. The molecule has 1 saturated heterocycles. The zero-order valence-corrected chi connectivity index (χ0v) is 12.9. The Morgan fingerprint density at radius 2 is 2.24 bits per heavy atom. The maximum Gasteiger partial charge on any atom is 0.275 e. The van der Waals surface area contributed by atoms with Crippen molar-refractivity contribution < 1.29 is 4.79 Å². The molecule has 0 bridgehead atoms. The number of piperidine rings is 1. The maximum atomic E-state index is 12.7. The van der Waals surface area contributed by atoms with E-state index in [-0.39, 0.29) is 24.4 Å². The second kappa shape index (κ2) is 6.45. The van der Waals surface area contributed by atoms with Gasteiger partial charge in [0.25, 0.3) is 5.91 Å². The fraction of sp³-hybridized carbons (Fsp3) is 0.467. The maximum absolute atomic E-state index is 12.7. The number of hydrogen-bond acceptors (Lipinski definition) is 3. The number of nitrogens with one attached hydrogen (secondary N) is 1. The molecule has 2 aromatic rings. The van der Waals surface area contributed by atoms with Crippen molar-refractivity contribution in [2.45, 2.75) is 25.8 Å². The third-order valence-corrected chi connectivity index (χ3v) is 4.18. The molecule has 2 heterocycles. The molecule has 0 spiro atoms. The number of nitrogens with zero attached hydrogens (tertiary/aromatic N) is 2. The van der Waals surface area contributed by atoms with Crippen LogP contribution in [0.2, 0.25) is 0 Å². The number of H-pyrrole nitrogens is 1. The molecule has 1 fully saturated rings. The number of hydrogen-bond donors (Lipinski definition) is 2. The second-order valence-electron chi connectivity index (χ2n) is 5.64. The van der Waals surface area contributed by atoms with Crippen molar-refractivity contribution >= 4 is 29.2 Å². The number of likely N-dealkylation sites (tertiary alicyclic amines) is 1. The minimum Gasteiger partial charge on any atom is -0.333 e. The molecule has 21 heavy (non-hydrogen) atoms. The Hall–Kier alpha value is -1.59. The van der Waals surface area contributed by atoms with Gasteiger partial charge in [-0.2, -0.15) is 5.10 Å². The van der Waals surface area contributed by atoms with Gasteiger partial charge in [-0.3, -0.25) is 9.89 Å². The van der Waals surface area contributed by atoms with Gasteiger partial charge in [0, 0.05) is 24.5 Å². The Morgan fingerprint density at radius 1 is 1.48 bits per heavy atom. The van der Waals surface area contributed by atoms with Crippen molar-refractivity contribution in [1.29, 1.82) is 0 Å². The largest absolute Gasteiger partial charge is 0.333 e. The predicted molar refractivity (Wildman–Crippen MR) is 85.6 cm³/mol. The van der Waals surface area contributed by atoms with Gasteiger partial charge in [-0.1, -0.05) is 25.1 Å². The summed E-state index contributed by atoms with van der Waals surface area (Å²) in [5.74, 6) is 0.619. The normalized spacial score (nSPS) is 22.1. The molecule has 1 aliphatic rings. The molecule has 0 radical (unpaired) electrons. The predicted octanol–water partition coefficient (Wildman–Crippen LogP) is 2.18. The summed E-state index contributed by atoms with van der Waals surface area (Å²) in [6.45, 7) is 3.50. The van der Waals surface area contributed by atoms with E-state index in [1.54, 1.807) is 0 Å². The average Bonchev–Trinajstić information content (AvgIpc) is 2.90. The molecule has 5 nitrogen and oxygen atoms in total. The summed E-state index contributed by atoms with van der Waals surface area (Å²) < 4.78 is 0. The number of benzene rings is 1. The molecule has 0 aliphatic carbocycles. The molecular formula is C15H21ClN4O. The lowest BCUT2D eigenvalue weighted by Gasteiger charge is -2.37. The highest BCUT2D eigenvalue weighted by Gasteiger charge is 2.31. The second-order valence-corrected chi connectivity index (χ2v) is 5.64. The lowest BCUT2D eigenvalue weighted by atomic mass is 9.92. The standard InChI is InChI=1S/C15H20N4O.ClH/c1-10-6-7-19(11(8-10)9-16)15(20)14-12-4-2-3-5-13(12)17-18-14;/h2-5,10-11H,6-9,16H2,1H3,(H,17,18);1H. The van der Waals surface area contributed by atoms with Crippen molar-refractivity contribution in [2.75, 3.05) is 13.1 Å². The third-order valence-electron chi connectivity index (χ3n) is 4.18. The number of halogens is 1. The number of aromatic nitrogens is 2. The van der Waals surface area contributed by atoms with Gasteiger partial charge in [-0.15, -0.1) is 12.4 Å². The lowest BCUT2D eigenvalue weighted by molar-refractivity contribution is 0.0569. The molecule has 0 saturated carbocycles. The van der Waals surface area contributed by atoms with Crippen LogP contribution in [0.4, 0.5) is 0 Å². The Bertz CT molecular complexity index is 627. The molecular weight excluding hydrogens is 288 g/mol. The van der Waals surface area contributed by atoms with Crippen LogP contribution in [-0.4, -0.2) is 40.1 Å². The summed E-state index contributed by atoms with van der Waals surface area (Å²) in [5, 5.41) is 8.00. The Morgan fingerprint density at radius 3 is 3.00 bits per heavy atom. The molecule has 1 aromatic heterocycles. The molecule has 1 amide bonds. The first-order chi connectivity index (χ1) is 9.70. The van der Waals surface area contributed by atoms with Crippen molar-refractivity contribution in [3.8, 4) is 0 Å². The summed E-state index contributed by atoms with van der Waals surface area (Å²) in [7, 11) is 0. The van der Waals surface area contributed by atoms with Crippen LogP contribution >= 0.6 is 12.4 Å². The fourth-order valence-corrected chi connectivity index (χ4v) is 3.00. The molecule has 3 rings (SSSR count). The first kappa shape index (κ1) is 15.8. The lowest BCUT2D eigenvalue weighted by Crippen LogP contribution is -2.49. The summed E-state index contributed by atoms with van der Waals surface area (Å²) in [4.78, 5) is 14.6. The molecule has 114 valence electrons. The number of rotatable bonds is 2. The van der Waals surface area contributed by atoms with Crippen LogP contribution in [-0.2, 0) is 0 Å². The van der Waals surface area contributed by atoms with E-state index in [0.29, 0.717) is 18.2 Å². The van der Waals surface area contributed by atoms with Gasteiger partial charge >= 0.3 is 0 Å². The summed E-state index contributed by atoms with van der Waals surface area (Å²) in [6.07, 6.45) is 2.01. The van der Waals surface area contributed by atoms with Gasteiger partial charge < -0.3 is 10.6 Å². The minimum absolute atomic E-state index is 0. The van der Waals surface area contributed by atoms with Crippen molar-refractivity contribution in [3.05, 3.63) is 30.0 Å². The van der Waals surface area contributed by atoms with Crippen molar-refractivity contribution in [3.63, 3.8) is 0 Å². The number of nitrogens with two attached hydrogens (primary N) is 1. The minimum atomic E-state index is -0.00944. The number of amides is 1. The van der Waals surface area contributed by atoms with E-state index in [4.69, 9.17) is 5.73 Å². The highest BCUT2D eigenvalue weighted by Crippen LogP contribution is 2.25. The molecule has 3 N–H and O–H groups in total. The van der Waals surface area contributed by atoms with Gasteiger partial charge in [0.05, 0.1) is 5.52 Å². The van der Waals surface area contributed by atoms with E-state index < -0.39 is 0 Å². The van der Waals surface area contributed by atoms with Crippen LogP contribution in [0, 0.1) is 5.92 Å². The van der Waals surface area contributed by atoms with Gasteiger partial charge in [-0.05, 0) is 24.8 Å². The zero-order valence-electron chi connectivity index (χ0n) is 12.1. The van der Waals surface area contributed by atoms with Crippen molar-refractivity contribution in [1.82, 2.24) is 15.1 Å². The summed E-state index contributed by atoms with van der Waals surface area (Å²) in [6, 6.07) is 7.84. The van der Waals surface area contributed by atoms with Crippen LogP contribution < -0.4 is 5.73 Å². The van der Waals surface area contributed by atoms with Crippen LogP contribution in [0.25, 0.3) is 10.9 Å². The van der Waals surface area contributed by atoms with Gasteiger partial charge in [0.2, 0.25) is 0 Å². The van der Waals surface area contributed by atoms with E-state index in [1.165, 1.54) is 0 Å². The van der Waals surface area contributed by atoms with Crippen LogP contribution in [0.15, 0.2) is 24.3 Å². The van der Waals surface area contributed by atoms with Crippen LogP contribution in [0.1, 0.15) is 30.3 Å². The fourth-order valence-electron chi connectivity index (χ4n) is 3.00. The summed E-state index contributed by atoms with van der Waals surface area (Å²) >= 11 is 0. The highest BCUT2D eigenvalue weighted by molar-refractivity contribution is 6.04. The van der Waals surface area contributed by atoms with Gasteiger partial charge in [-0.25, -0.2) is 0 Å². The van der Waals surface area contributed by atoms with Gasteiger partial charge in [0.15, 0.2) is 5.69 Å². The molecule has 1 aliphatic heterocycles. The number of carbonyl (C=O) groups is 1. The zero-order chi connectivity index (χ0) is 14.1. The monoisotopic (exact) mass is 308 g/mol. The van der Waals surface area contributed by atoms with E-state index in [1.807, 2.05) is 29.2 Å². The highest BCUT2D eigenvalue weighted by atomic mass is 35.5. The topological polar surface area (TPSA) is 75.0 Å². The number of fused-ring (bicyclic) bond motifs is 1. The molecule has 2 unspecified atom stereocenters. The van der Waals surface area contributed by atoms with E-state index in [0.717, 1.165) is 30.3 Å². The van der Waals surface area contributed by atoms with Gasteiger partial charge in [0.1, 0.15) is 0 Å². The van der Waals surface area contributed by atoms with E-state index >= 15 is 0 Å². The van der Waals surface area contributed by atoms with E-state index in [9.17, 15) is 4.79 Å². The molecule has 1 aromatic carbocycles. The quantitative estimate of drug-likeness (QED) is 0.893.